The van der Waals surface area contributed by atoms with Crippen molar-refractivity contribution >= 4 is 11.8 Å². The molecule has 2 rings (SSSR count). The minimum Gasteiger partial charge on any atom is -0.497 e. The summed E-state index contributed by atoms with van der Waals surface area (Å²) in [6, 6.07) is 8.27. The Morgan fingerprint density at radius 3 is 2.55 bits per heavy atom. The topological polar surface area (TPSA) is 35.2 Å². The summed E-state index contributed by atoms with van der Waals surface area (Å²) in [5.41, 5.74) is 7.62. The average molecular weight is 293 g/mol. The maximum Gasteiger partial charge on any atom is 0.118 e. The van der Waals surface area contributed by atoms with Gasteiger partial charge in [0.15, 0.2) is 0 Å². The van der Waals surface area contributed by atoms with Crippen molar-refractivity contribution in [1.82, 2.24) is 0 Å². The summed E-state index contributed by atoms with van der Waals surface area (Å²) in [6.07, 6.45) is 5.48. The van der Waals surface area contributed by atoms with Crippen LogP contribution in [0.1, 0.15) is 51.1 Å². The molecule has 0 bridgehead atoms. The molecule has 3 heteroatoms. The number of methoxy groups -OCH3 is 1. The predicted molar refractivity (Wildman–Crippen MR) is 88.4 cm³/mol. The van der Waals surface area contributed by atoms with Crippen LogP contribution in [-0.4, -0.2) is 17.6 Å². The Hall–Kier alpha value is -0.670. The van der Waals surface area contributed by atoms with Crippen molar-refractivity contribution in [3.8, 4) is 5.75 Å². The molecule has 4 unspecified atom stereocenters. The first-order valence-corrected chi connectivity index (χ1v) is 8.59. The molecule has 2 nitrogen and oxygen atoms in total. The van der Waals surface area contributed by atoms with E-state index in [1.54, 1.807) is 7.11 Å². The molecule has 0 aromatic heterocycles. The van der Waals surface area contributed by atoms with E-state index in [-0.39, 0.29) is 6.04 Å². The van der Waals surface area contributed by atoms with E-state index in [1.807, 2.05) is 12.1 Å². The van der Waals surface area contributed by atoms with E-state index in [1.165, 1.54) is 31.2 Å². The van der Waals surface area contributed by atoms with Crippen LogP contribution in [-0.2, 0) is 0 Å². The summed E-state index contributed by atoms with van der Waals surface area (Å²) in [7, 11) is 1.69. The zero-order chi connectivity index (χ0) is 14.5. The van der Waals surface area contributed by atoms with Gasteiger partial charge < -0.3 is 10.5 Å². The van der Waals surface area contributed by atoms with Crippen LogP contribution in [0.2, 0.25) is 0 Å². The van der Waals surface area contributed by atoms with Gasteiger partial charge in [0.1, 0.15) is 5.75 Å². The van der Waals surface area contributed by atoms with Gasteiger partial charge in [-0.25, -0.2) is 0 Å². The zero-order valence-corrected chi connectivity index (χ0v) is 13.7. The van der Waals surface area contributed by atoms with Crippen molar-refractivity contribution in [3.05, 3.63) is 29.8 Å². The minimum atomic E-state index is 0.100. The molecule has 1 aromatic carbocycles. The van der Waals surface area contributed by atoms with Gasteiger partial charge in [0.25, 0.3) is 0 Å². The molecule has 1 saturated carbocycles. The van der Waals surface area contributed by atoms with Crippen LogP contribution in [0.3, 0.4) is 0 Å². The SMILES string of the molecule is COc1ccc(C(N)C(C)SC2CCCC(C)C2)cc1. The molecule has 2 N–H and O–H groups in total. The van der Waals surface area contributed by atoms with Gasteiger partial charge in [-0.2, -0.15) is 11.8 Å². The van der Waals surface area contributed by atoms with E-state index in [0.29, 0.717) is 5.25 Å². The third kappa shape index (κ3) is 4.16. The summed E-state index contributed by atoms with van der Waals surface area (Å²) < 4.78 is 5.20. The largest absolute Gasteiger partial charge is 0.497 e. The summed E-state index contributed by atoms with van der Waals surface area (Å²) in [5, 5.41) is 1.25. The van der Waals surface area contributed by atoms with Gasteiger partial charge in [-0.1, -0.05) is 38.8 Å². The third-order valence-corrected chi connectivity index (χ3v) is 5.84. The normalized spacial score (nSPS) is 26.0. The molecular weight excluding hydrogens is 266 g/mol. The Kier molecular flexibility index (Phi) is 5.79. The lowest BCUT2D eigenvalue weighted by Crippen LogP contribution is -2.25. The average Bonchev–Trinajstić information content (AvgIpc) is 2.46. The van der Waals surface area contributed by atoms with Crippen molar-refractivity contribution in [3.63, 3.8) is 0 Å². The van der Waals surface area contributed by atoms with E-state index >= 15 is 0 Å². The number of ether oxygens (including phenoxy) is 1. The Labute approximate surface area is 127 Å². The van der Waals surface area contributed by atoms with Crippen LogP contribution >= 0.6 is 11.8 Å². The Morgan fingerprint density at radius 2 is 1.95 bits per heavy atom. The van der Waals surface area contributed by atoms with Gasteiger partial charge in [-0.15, -0.1) is 0 Å². The van der Waals surface area contributed by atoms with E-state index < -0.39 is 0 Å². The van der Waals surface area contributed by atoms with Gasteiger partial charge in [-0.05, 0) is 36.5 Å². The van der Waals surface area contributed by atoms with Crippen LogP contribution in [0, 0.1) is 5.92 Å². The molecule has 20 heavy (non-hydrogen) atoms. The minimum absolute atomic E-state index is 0.100. The lowest BCUT2D eigenvalue weighted by Gasteiger charge is -2.30. The molecule has 0 saturated heterocycles. The van der Waals surface area contributed by atoms with Crippen molar-refractivity contribution in [2.75, 3.05) is 7.11 Å². The van der Waals surface area contributed by atoms with Crippen LogP contribution in [0.5, 0.6) is 5.75 Å². The number of hydrogen-bond acceptors (Lipinski definition) is 3. The second kappa shape index (κ2) is 7.37. The highest BCUT2D eigenvalue weighted by Crippen LogP contribution is 2.37. The maximum absolute atomic E-state index is 6.42. The first-order valence-electron chi connectivity index (χ1n) is 7.65. The molecule has 0 spiro atoms. The number of rotatable bonds is 5. The Bertz CT molecular complexity index is 406. The smallest absolute Gasteiger partial charge is 0.118 e. The van der Waals surface area contributed by atoms with Gasteiger partial charge >= 0.3 is 0 Å². The summed E-state index contributed by atoms with van der Waals surface area (Å²) in [6.45, 7) is 4.64. The van der Waals surface area contributed by atoms with Crippen molar-refractivity contribution in [1.29, 1.82) is 0 Å². The van der Waals surface area contributed by atoms with Gasteiger partial charge in [0, 0.05) is 16.5 Å². The number of hydrogen-bond donors (Lipinski definition) is 1. The highest BCUT2D eigenvalue weighted by Gasteiger charge is 2.24. The summed E-state index contributed by atoms with van der Waals surface area (Å²) in [4.78, 5) is 0. The van der Waals surface area contributed by atoms with E-state index in [0.717, 1.165) is 16.9 Å². The molecule has 1 aromatic rings. The number of benzene rings is 1. The monoisotopic (exact) mass is 293 g/mol. The molecule has 112 valence electrons. The van der Waals surface area contributed by atoms with E-state index in [9.17, 15) is 0 Å². The molecular formula is C17H27NOS. The highest BCUT2D eigenvalue weighted by atomic mass is 32.2. The van der Waals surface area contributed by atoms with E-state index in [4.69, 9.17) is 10.5 Å². The second-order valence-electron chi connectivity index (χ2n) is 6.03. The molecule has 0 radical (unpaired) electrons. The summed E-state index contributed by atoms with van der Waals surface area (Å²) >= 11 is 2.08. The Balaban J connectivity index is 1.91. The van der Waals surface area contributed by atoms with E-state index in [2.05, 4.69) is 37.7 Å². The number of thioether (sulfide) groups is 1. The molecule has 1 aliphatic carbocycles. The molecule has 1 fully saturated rings. The van der Waals surface area contributed by atoms with Crippen LogP contribution in [0.25, 0.3) is 0 Å². The molecule has 1 aliphatic rings. The molecule has 0 amide bonds. The van der Waals surface area contributed by atoms with Gasteiger partial charge in [-0.3, -0.25) is 0 Å². The molecule has 0 heterocycles. The number of nitrogens with two attached hydrogens (primary N) is 1. The van der Waals surface area contributed by atoms with Crippen molar-refractivity contribution in [2.45, 2.75) is 56.1 Å². The van der Waals surface area contributed by atoms with Crippen molar-refractivity contribution in [2.24, 2.45) is 11.7 Å². The fraction of sp³-hybridized carbons (Fsp3) is 0.647. The quantitative estimate of drug-likeness (QED) is 0.874. The molecule has 4 atom stereocenters. The first kappa shape index (κ1) is 15.7. The van der Waals surface area contributed by atoms with Crippen LogP contribution in [0.15, 0.2) is 24.3 Å². The zero-order valence-electron chi connectivity index (χ0n) is 12.8. The fourth-order valence-corrected chi connectivity index (χ4v) is 4.66. The van der Waals surface area contributed by atoms with Gasteiger partial charge in [0.2, 0.25) is 0 Å². The standard InChI is InChI=1S/C17H27NOS/c1-12-5-4-6-16(11-12)20-13(2)17(18)14-7-9-15(19-3)10-8-14/h7-10,12-13,16-17H,4-6,11,18H2,1-3H3. The lowest BCUT2D eigenvalue weighted by atomic mass is 9.90. The summed E-state index contributed by atoms with van der Waals surface area (Å²) in [5.74, 6) is 1.77. The first-order chi connectivity index (χ1) is 9.60. The second-order valence-corrected chi connectivity index (χ2v) is 7.72. The molecule has 0 aliphatic heterocycles. The third-order valence-electron chi connectivity index (χ3n) is 4.30. The van der Waals surface area contributed by atoms with Crippen molar-refractivity contribution < 1.29 is 4.74 Å². The highest BCUT2D eigenvalue weighted by molar-refractivity contribution is 8.00. The van der Waals surface area contributed by atoms with Crippen LogP contribution in [0.4, 0.5) is 0 Å². The van der Waals surface area contributed by atoms with Gasteiger partial charge in [0.05, 0.1) is 7.11 Å². The van der Waals surface area contributed by atoms with Crippen LogP contribution < -0.4 is 10.5 Å². The predicted octanol–water partition coefficient (Wildman–Crippen LogP) is 4.40. The fourth-order valence-electron chi connectivity index (χ4n) is 2.99. The Morgan fingerprint density at radius 1 is 1.25 bits per heavy atom. The maximum atomic E-state index is 6.42. The lowest BCUT2D eigenvalue weighted by molar-refractivity contribution is 0.393.